The summed E-state index contributed by atoms with van der Waals surface area (Å²) in [7, 11) is -1.26. The first-order chi connectivity index (χ1) is 13.6. The Kier molecular flexibility index (Phi) is 10.3. The number of halogens is 1. The molecule has 0 saturated heterocycles. The summed E-state index contributed by atoms with van der Waals surface area (Å²) < 4.78 is 22.8. The first-order valence-corrected chi connectivity index (χ1v) is 12.0. The highest BCUT2D eigenvalue weighted by Gasteiger charge is 2.20. The van der Waals surface area contributed by atoms with Crippen LogP contribution in [0.5, 0.6) is 0 Å². The predicted octanol–water partition coefficient (Wildman–Crippen LogP) is 4.05. The fourth-order valence-corrected chi connectivity index (χ4v) is 3.86. The minimum atomic E-state index is -3.01. The number of guanidine groups is 1. The van der Waals surface area contributed by atoms with Crippen LogP contribution in [0.4, 0.5) is 0 Å². The van der Waals surface area contributed by atoms with Crippen molar-refractivity contribution in [1.29, 1.82) is 0 Å². The summed E-state index contributed by atoms with van der Waals surface area (Å²) in [6.45, 7) is 7.97. The molecule has 0 unspecified atom stereocenters. The molecule has 0 bridgehead atoms. The van der Waals surface area contributed by atoms with E-state index in [1.165, 1.54) is 17.4 Å². The second-order valence-corrected chi connectivity index (χ2v) is 10.2. The van der Waals surface area contributed by atoms with Crippen LogP contribution in [-0.2, 0) is 34.0 Å². The summed E-state index contributed by atoms with van der Waals surface area (Å²) in [5.74, 6) is 0.807. The second-order valence-electron chi connectivity index (χ2n) is 8.10. The highest BCUT2D eigenvalue weighted by Crippen LogP contribution is 2.22. The van der Waals surface area contributed by atoms with Crippen molar-refractivity contribution >= 4 is 39.8 Å². The van der Waals surface area contributed by atoms with Crippen LogP contribution < -0.4 is 10.6 Å². The smallest absolute Gasteiger partial charge is 0.191 e. The lowest BCUT2D eigenvalue weighted by atomic mass is 9.84. The zero-order chi connectivity index (χ0) is 21.5. The third kappa shape index (κ3) is 8.63. The van der Waals surface area contributed by atoms with Crippen molar-refractivity contribution in [3.63, 3.8) is 0 Å². The average molecular weight is 544 g/mol. The zero-order valence-electron chi connectivity index (χ0n) is 18.5. The van der Waals surface area contributed by atoms with Gasteiger partial charge in [0, 0.05) is 31.8 Å². The van der Waals surface area contributed by atoms with E-state index in [-0.39, 0.29) is 35.1 Å². The third-order valence-corrected chi connectivity index (χ3v) is 5.83. The van der Waals surface area contributed by atoms with Crippen molar-refractivity contribution in [2.24, 2.45) is 4.99 Å². The van der Waals surface area contributed by atoms with Crippen LogP contribution in [0.3, 0.4) is 0 Å². The molecule has 0 fully saturated rings. The number of aliphatic imine (C=N–C) groups is 1. The maximum Gasteiger partial charge on any atom is 0.191 e. The van der Waals surface area contributed by atoms with Gasteiger partial charge in [-0.1, -0.05) is 69.3 Å². The van der Waals surface area contributed by atoms with Crippen LogP contribution in [0.2, 0.25) is 0 Å². The van der Waals surface area contributed by atoms with Crippen molar-refractivity contribution < 1.29 is 8.42 Å². The summed E-state index contributed by atoms with van der Waals surface area (Å²) in [5.41, 5.74) is 4.47. The number of nitrogens with one attached hydrogen (secondary N) is 2. The first kappa shape index (κ1) is 26.4. The fraction of sp³-hybridized carbons (Fsp3) is 0.435. The molecule has 0 saturated carbocycles. The average Bonchev–Trinajstić information content (AvgIpc) is 2.68. The molecule has 2 aromatic carbocycles. The van der Waals surface area contributed by atoms with Gasteiger partial charge in [0.15, 0.2) is 15.8 Å². The summed E-state index contributed by atoms with van der Waals surface area (Å²) in [5, 5.41) is 6.73. The summed E-state index contributed by atoms with van der Waals surface area (Å²) in [6.07, 6.45) is 2.29. The number of benzene rings is 2. The van der Waals surface area contributed by atoms with Crippen LogP contribution in [-0.4, -0.2) is 34.2 Å². The Bertz CT molecular complexity index is 922. The standard InChI is InChI=1S/C23H33N3O2S.HI/c1-6-18-11-13-21(14-12-18)23(2,3)17-26-22(24-4)25-15-19-7-9-20(10-8-19)16-29(5,27)28;/h7-14H,6,15-17H2,1-5H3,(H2,24,25,26);1H. The fourth-order valence-electron chi connectivity index (χ4n) is 3.06. The zero-order valence-corrected chi connectivity index (χ0v) is 21.7. The molecule has 30 heavy (non-hydrogen) atoms. The van der Waals surface area contributed by atoms with E-state index in [0.29, 0.717) is 6.54 Å². The number of aryl methyl sites for hydroxylation is 1. The molecule has 0 aliphatic heterocycles. The second kappa shape index (κ2) is 11.7. The Hall–Kier alpha value is -1.61. The Morgan fingerprint density at radius 2 is 1.47 bits per heavy atom. The van der Waals surface area contributed by atoms with Gasteiger partial charge >= 0.3 is 0 Å². The van der Waals surface area contributed by atoms with Crippen molar-refractivity contribution in [3.8, 4) is 0 Å². The molecule has 0 spiro atoms. The van der Waals surface area contributed by atoms with E-state index in [1.807, 2.05) is 24.3 Å². The summed E-state index contributed by atoms with van der Waals surface area (Å²) >= 11 is 0. The van der Waals surface area contributed by atoms with Crippen molar-refractivity contribution in [3.05, 3.63) is 70.8 Å². The van der Waals surface area contributed by atoms with E-state index >= 15 is 0 Å². The topological polar surface area (TPSA) is 70.6 Å². The van der Waals surface area contributed by atoms with Gasteiger partial charge in [0.2, 0.25) is 0 Å². The molecular formula is C23H34IN3O2S. The van der Waals surface area contributed by atoms with Gasteiger partial charge in [0.25, 0.3) is 0 Å². The minimum absolute atomic E-state index is 0. The van der Waals surface area contributed by atoms with E-state index < -0.39 is 9.84 Å². The molecule has 2 rings (SSSR count). The van der Waals surface area contributed by atoms with Gasteiger partial charge < -0.3 is 10.6 Å². The molecular weight excluding hydrogens is 509 g/mol. The van der Waals surface area contributed by atoms with Crippen LogP contribution in [0.15, 0.2) is 53.5 Å². The molecule has 0 aliphatic carbocycles. The Labute approximate surface area is 198 Å². The number of sulfone groups is 1. The van der Waals surface area contributed by atoms with E-state index in [1.54, 1.807) is 7.05 Å². The van der Waals surface area contributed by atoms with Gasteiger partial charge in [-0.2, -0.15) is 0 Å². The first-order valence-electron chi connectivity index (χ1n) is 9.92. The summed E-state index contributed by atoms with van der Waals surface area (Å²) in [4.78, 5) is 4.31. The SMILES string of the molecule is CCc1ccc(C(C)(C)CNC(=NC)NCc2ccc(CS(C)(=O)=O)cc2)cc1.I. The lowest BCUT2D eigenvalue weighted by Crippen LogP contribution is -2.43. The van der Waals surface area contributed by atoms with Gasteiger partial charge in [-0.15, -0.1) is 24.0 Å². The number of rotatable bonds is 8. The van der Waals surface area contributed by atoms with Crippen LogP contribution in [0.25, 0.3) is 0 Å². The quantitative estimate of drug-likeness (QED) is 0.300. The highest BCUT2D eigenvalue weighted by molar-refractivity contribution is 14.0. The molecule has 0 amide bonds. The van der Waals surface area contributed by atoms with Crippen molar-refractivity contribution in [2.45, 2.75) is 44.9 Å². The minimum Gasteiger partial charge on any atom is -0.356 e. The largest absolute Gasteiger partial charge is 0.356 e. The Balaban J connectivity index is 0.00000450. The molecule has 0 aliphatic rings. The van der Waals surface area contributed by atoms with Gasteiger partial charge in [-0.05, 0) is 28.7 Å². The van der Waals surface area contributed by atoms with E-state index in [0.717, 1.165) is 30.1 Å². The lowest BCUT2D eigenvalue weighted by Gasteiger charge is -2.27. The molecule has 5 nitrogen and oxygen atoms in total. The van der Waals surface area contributed by atoms with Crippen molar-refractivity contribution in [1.82, 2.24) is 10.6 Å². The monoisotopic (exact) mass is 543 g/mol. The van der Waals surface area contributed by atoms with E-state index in [4.69, 9.17) is 0 Å². The van der Waals surface area contributed by atoms with Crippen LogP contribution in [0, 0.1) is 0 Å². The van der Waals surface area contributed by atoms with Crippen LogP contribution >= 0.6 is 24.0 Å². The molecule has 0 radical (unpaired) electrons. The number of hydrogen-bond donors (Lipinski definition) is 2. The Morgan fingerprint density at radius 1 is 0.933 bits per heavy atom. The van der Waals surface area contributed by atoms with E-state index in [9.17, 15) is 8.42 Å². The van der Waals surface area contributed by atoms with Gasteiger partial charge in [-0.3, -0.25) is 4.99 Å². The molecule has 7 heteroatoms. The van der Waals surface area contributed by atoms with Crippen LogP contribution in [0.1, 0.15) is 43.0 Å². The van der Waals surface area contributed by atoms with Gasteiger partial charge in [0.1, 0.15) is 0 Å². The maximum atomic E-state index is 11.4. The molecule has 2 aromatic rings. The maximum absolute atomic E-state index is 11.4. The summed E-state index contributed by atoms with van der Waals surface area (Å²) in [6, 6.07) is 16.4. The lowest BCUT2D eigenvalue weighted by molar-refractivity contribution is 0.508. The molecule has 0 heterocycles. The molecule has 0 aromatic heterocycles. The number of nitrogens with zero attached hydrogens (tertiary/aromatic N) is 1. The third-order valence-electron chi connectivity index (χ3n) is 4.98. The number of hydrogen-bond acceptors (Lipinski definition) is 3. The molecule has 166 valence electrons. The van der Waals surface area contributed by atoms with Crippen molar-refractivity contribution in [2.75, 3.05) is 19.8 Å². The molecule has 2 N–H and O–H groups in total. The van der Waals surface area contributed by atoms with E-state index in [2.05, 4.69) is 60.7 Å². The molecule has 0 atom stereocenters. The normalized spacial score (nSPS) is 12.2. The van der Waals surface area contributed by atoms with Gasteiger partial charge in [-0.25, -0.2) is 8.42 Å². The Morgan fingerprint density at radius 3 is 1.97 bits per heavy atom. The highest BCUT2D eigenvalue weighted by atomic mass is 127. The van der Waals surface area contributed by atoms with Gasteiger partial charge in [0.05, 0.1) is 5.75 Å². The predicted molar refractivity (Wildman–Crippen MR) is 137 cm³/mol.